The monoisotopic (exact) mass is 210 g/mol. The third-order valence-corrected chi connectivity index (χ3v) is 3.39. The molecule has 2 heteroatoms. The summed E-state index contributed by atoms with van der Waals surface area (Å²) in [5.41, 5.74) is 8.62. The molecule has 2 heterocycles. The molecule has 3 rings (SSSR count). The van der Waals surface area contributed by atoms with E-state index in [1.165, 1.54) is 33.6 Å². The fourth-order valence-electron chi connectivity index (χ4n) is 2.38. The van der Waals surface area contributed by atoms with Crippen LogP contribution in [0.15, 0.2) is 18.3 Å². The van der Waals surface area contributed by atoms with Crippen LogP contribution in [0.3, 0.4) is 0 Å². The fraction of sp³-hybridized carbons (Fsp3) is 0.286. The highest BCUT2D eigenvalue weighted by atomic mass is 14.8. The molecule has 0 saturated heterocycles. The minimum Gasteiger partial charge on any atom is -0.260 e. The Balaban J connectivity index is 2.32. The van der Waals surface area contributed by atoms with Gasteiger partial charge in [0.2, 0.25) is 0 Å². The zero-order valence-electron chi connectivity index (χ0n) is 9.83. The molecule has 16 heavy (non-hydrogen) atoms. The van der Waals surface area contributed by atoms with Crippen molar-refractivity contribution in [3.63, 3.8) is 0 Å². The number of aryl methyl sites for hydroxylation is 3. The summed E-state index contributed by atoms with van der Waals surface area (Å²) in [7, 11) is 0. The Morgan fingerprint density at radius 3 is 2.69 bits per heavy atom. The fourth-order valence-corrected chi connectivity index (χ4v) is 2.38. The molecule has 0 amide bonds. The van der Waals surface area contributed by atoms with Gasteiger partial charge in [-0.1, -0.05) is 0 Å². The zero-order chi connectivity index (χ0) is 11.3. The summed E-state index contributed by atoms with van der Waals surface area (Å²) in [4.78, 5) is 9.12. The Morgan fingerprint density at radius 1 is 1.06 bits per heavy atom. The van der Waals surface area contributed by atoms with Crippen LogP contribution in [-0.2, 0) is 6.42 Å². The number of rotatable bonds is 0. The van der Waals surface area contributed by atoms with Gasteiger partial charge in [-0.05, 0) is 44.0 Å². The molecule has 1 aliphatic carbocycles. The molecule has 0 spiro atoms. The maximum Gasteiger partial charge on any atom is 0.0545 e. The Bertz CT molecular complexity index is 586. The normalized spacial score (nSPS) is 12.4. The minimum absolute atomic E-state index is 0.882. The average Bonchev–Trinajstić information content (AvgIpc) is 2.58. The molecular formula is C14H14N2. The van der Waals surface area contributed by atoms with Gasteiger partial charge >= 0.3 is 0 Å². The first-order valence-corrected chi connectivity index (χ1v) is 5.59. The number of fused-ring (bicyclic) bond motifs is 3. The van der Waals surface area contributed by atoms with E-state index in [0.717, 1.165) is 12.1 Å². The molecule has 1 aliphatic rings. The van der Waals surface area contributed by atoms with Gasteiger partial charge < -0.3 is 0 Å². The summed E-state index contributed by atoms with van der Waals surface area (Å²) >= 11 is 0. The summed E-state index contributed by atoms with van der Waals surface area (Å²) in [6.45, 7) is 6.33. The lowest BCUT2D eigenvalue weighted by Crippen LogP contribution is -1.93. The molecule has 80 valence electrons. The van der Waals surface area contributed by atoms with Crippen LogP contribution in [0.25, 0.3) is 11.1 Å². The Kier molecular flexibility index (Phi) is 1.87. The molecular weight excluding hydrogens is 196 g/mol. The van der Waals surface area contributed by atoms with E-state index in [-0.39, 0.29) is 0 Å². The van der Waals surface area contributed by atoms with Crippen LogP contribution < -0.4 is 0 Å². The summed E-state index contributed by atoms with van der Waals surface area (Å²) in [6.07, 6.45) is 2.77. The molecule has 0 unspecified atom stereocenters. The van der Waals surface area contributed by atoms with Crippen molar-refractivity contribution in [2.45, 2.75) is 27.2 Å². The van der Waals surface area contributed by atoms with Gasteiger partial charge in [-0.3, -0.25) is 9.97 Å². The predicted molar refractivity (Wildman–Crippen MR) is 64.5 cm³/mol. The van der Waals surface area contributed by atoms with Crippen LogP contribution in [-0.4, -0.2) is 9.97 Å². The first kappa shape index (κ1) is 9.52. The topological polar surface area (TPSA) is 25.8 Å². The third-order valence-electron chi connectivity index (χ3n) is 3.39. The minimum atomic E-state index is 0.882. The van der Waals surface area contributed by atoms with Crippen molar-refractivity contribution < 1.29 is 0 Å². The van der Waals surface area contributed by atoms with Crippen LogP contribution >= 0.6 is 0 Å². The number of hydrogen-bond acceptors (Lipinski definition) is 2. The summed E-state index contributed by atoms with van der Waals surface area (Å²) in [5.74, 6) is 0. The number of aromatic nitrogens is 2. The molecule has 0 aromatic carbocycles. The van der Waals surface area contributed by atoms with Gasteiger partial charge in [-0.2, -0.15) is 0 Å². The largest absolute Gasteiger partial charge is 0.260 e. The quantitative estimate of drug-likeness (QED) is 0.570. The van der Waals surface area contributed by atoms with Crippen LogP contribution in [0.2, 0.25) is 0 Å². The highest BCUT2D eigenvalue weighted by Crippen LogP contribution is 2.37. The SMILES string of the molecule is Cc1cc2c(nc1C)Cc1nccc(C)c1-2. The van der Waals surface area contributed by atoms with Crippen LogP contribution in [0, 0.1) is 20.8 Å². The molecule has 0 radical (unpaired) electrons. The smallest absolute Gasteiger partial charge is 0.0545 e. The zero-order valence-corrected chi connectivity index (χ0v) is 9.83. The molecule has 2 nitrogen and oxygen atoms in total. The van der Waals surface area contributed by atoms with Crippen LogP contribution in [0.5, 0.6) is 0 Å². The predicted octanol–water partition coefficient (Wildman–Crippen LogP) is 2.97. The van der Waals surface area contributed by atoms with Gasteiger partial charge in [-0.15, -0.1) is 0 Å². The van der Waals surface area contributed by atoms with Gasteiger partial charge in [0, 0.05) is 29.4 Å². The van der Waals surface area contributed by atoms with Gasteiger partial charge in [0.25, 0.3) is 0 Å². The second-order valence-corrected chi connectivity index (χ2v) is 4.51. The van der Waals surface area contributed by atoms with E-state index < -0.39 is 0 Å². The van der Waals surface area contributed by atoms with E-state index >= 15 is 0 Å². The van der Waals surface area contributed by atoms with Crippen molar-refractivity contribution in [1.82, 2.24) is 9.97 Å². The summed E-state index contributed by atoms with van der Waals surface area (Å²) in [5, 5.41) is 0. The Hall–Kier alpha value is -1.70. The Labute approximate surface area is 95.4 Å². The average molecular weight is 210 g/mol. The van der Waals surface area contributed by atoms with E-state index in [2.05, 4.69) is 42.9 Å². The van der Waals surface area contributed by atoms with Crippen LogP contribution in [0.1, 0.15) is 28.2 Å². The summed E-state index contributed by atoms with van der Waals surface area (Å²) in [6, 6.07) is 4.32. The van der Waals surface area contributed by atoms with Crippen molar-refractivity contribution in [1.29, 1.82) is 0 Å². The standard InChI is InChI=1S/C14H14N2/c1-8-4-5-15-13-7-12-11(14(8)13)6-9(2)10(3)16-12/h4-6H,7H2,1-3H3. The van der Waals surface area contributed by atoms with Crippen molar-refractivity contribution in [3.05, 3.63) is 46.5 Å². The number of hydrogen-bond donors (Lipinski definition) is 0. The van der Waals surface area contributed by atoms with Crippen molar-refractivity contribution in [2.24, 2.45) is 0 Å². The number of pyridine rings is 2. The van der Waals surface area contributed by atoms with Gasteiger partial charge in [0.05, 0.1) is 11.4 Å². The summed E-state index contributed by atoms with van der Waals surface area (Å²) < 4.78 is 0. The van der Waals surface area contributed by atoms with E-state index in [4.69, 9.17) is 0 Å². The van der Waals surface area contributed by atoms with Gasteiger partial charge in [-0.25, -0.2) is 0 Å². The maximum absolute atomic E-state index is 4.67. The van der Waals surface area contributed by atoms with Crippen molar-refractivity contribution in [3.8, 4) is 11.1 Å². The second kappa shape index (κ2) is 3.14. The van der Waals surface area contributed by atoms with Crippen LogP contribution in [0.4, 0.5) is 0 Å². The van der Waals surface area contributed by atoms with E-state index in [1.54, 1.807) is 0 Å². The maximum atomic E-state index is 4.67. The molecule has 0 atom stereocenters. The first-order chi connectivity index (χ1) is 7.66. The molecule has 0 N–H and O–H groups in total. The highest BCUT2D eigenvalue weighted by molar-refractivity contribution is 5.77. The Morgan fingerprint density at radius 2 is 1.88 bits per heavy atom. The van der Waals surface area contributed by atoms with Gasteiger partial charge in [0.1, 0.15) is 0 Å². The van der Waals surface area contributed by atoms with Crippen molar-refractivity contribution in [2.75, 3.05) is 0 Å². The number of nitrogens with zero attached hydrogens (tertiary/aromatic N) is 2. The third kappa shape index (κ3) is 1.19. The molecule has 0 bridgehead atoms. The van der Waals surface area contributed by atoms with E-state index in [1.807, 2.05) is 6.20 Å². The first-order valence-electron chi connectivity index (χ1n) is 5.59. The second-order valence-electron chi connectivity index (χ2n) is 4.51. The lowest BCUT2D eigenvalue weighted by atomic mass is 10.0. The molecule has 0 aliphatic heterocycles. The van der Waals surface area contributed by atoms with Crippen molar-refractivity contribution >= 4 is 0 Å². The molecule has 2 aromatic heterocycles. The highest BCUT2D eigenvalue weighted by Gasteiger charge is 2.22. The van der Waals surface area contributed by atoms with E-state index in [0.29, 0.717) is 0 Å². The van der Waals surface area contributed by atoms with E-state index in [9.17, 15) is 0 Å². The van der Waals surface area contributed by atoms with Gasteiger partial charge in [0.15, 0.2) is 0 Å². The molecule has 2 aromatic rings. The molecule has 0 fully saturated rings. The lowest BCUT2D eigenvalue weighted by Gasteiger charge is -2.06. The lowest BCUT2D eigenvalue weighted by molar-refractivity contribution is 1.02. The molecule has 0 saturated carbocycles.